The van der Waals surface area contributed by atoms with Crippen LogP contribution in [0.2, 0.25) is 0 Å². The number of rotatable bonds is 3. The molecule has 0 aliphatic carbocycles. The first-order valence-corrected chi connectivity index (χ1v) is 4.81. The maximum atomic E-state index is 11.7. The molecule has 0 fully saturated rings. The normalized spacial score (nSPS) is 10.1. The first kappa shape index (κ1) is 10.4. The molecule has 0 aliphatic heterocycles. The molecule has 0 spiro atoms. The highest BCUT2D eigenvalue weighted by molar-refractivity contribution is 6.02. The number of aromatic nitrogens is 1. The second-order valence-electron chi connectivity index (χ2n) is 3.19. The zero-order chi connectivity index (χ0) is 11.4. The van der Waals surface area contributed by atoms with Crippen LogP contribution in [-0.2, 0) is 6.54 Å². The van der Waals surface area contributed by atoms with Crippen LogP contribution in [0.25, 0.3) is 0 Å². The van der Waals surface area contributed by atoms with Gasteiger partial charge in [0.2, 0.25) is 5.76 Å². The number of benzene rings is 1. The Morgan fingerprint density at radius 1 is 1.38 bits per heavy atom. The number of carbonyl (C=O) groups is 1. The van der Waals surface area contributed by atoms with Crippen LogP contribution in [-0.4, -0.2) is 11.1 Å². The van der Waals surface area contributed by atoms with Crippen LogP contribution in [0.1, 0.15) is 16.1 Å². The van der Waals surface area contributed by atoms with Crippen molar-refractivity contribution in [3.63, 3.8) is 0 Å². The van der Waals surface area contributed by atoms with E-state index in [1.165, 1.54) is 12.3 Å². The lowest BCUT2D eigenvalue weighted by Gasteiger charge is -2.07. The summed E-state index contributed by atoms with van der Waals surface area (Å²) in [5.41, 5.74) is 7.12. The van der Waals surface area contributed by atoms with Gasteiger partial charge < -0.3 is 15.6 Å². The fourth-order valence-electron chi connectivity index (χ4n) is 1.34. The van der Waals surface area contributed by atoms with Crippen LogP contribution in [0.15, 0.2) is 41.1 Å². The van der Waals surface area contributed by atoms with Gasteiger partial charge >= 0.3 is 0 Å². The molecule has 0 radical (unpaired) electrons. The van der Waals surface area contributed by atoms with Crippen molar-refractivity contribution in [1.29, 1.82) is 0 Å². The topological polar surface area (TPSA) is 81.1 Å². The fourth-order valence-corrected chi connectivity index (χ4v) is 1.34. The number of nitrogens with zero attached hydrogens (tertiary/aromatic N) is 1. The molecule has 1 amide bonds. The molecule has 0 unspecified atom stereocenters. The van der Waals surface area contributed by atoms with E-state index >= 15 is 0 Å². The van der Waals surface area contributed by atoms with Crippen molar-refractivity contribution in [2.45, 2.75) is 6.54 Å². The SMILES string of the molecule is NCc1ccccc1NC(=O)c1ccno1. The molecule has 0 aliphatic rings. The largest absolute Gasteiger partial charge is 0.351 e. The summed E-state index contributed by atoms with van der Waals surface area (Å²) in [6.45, 7) is 0.368. The minimum atomic E-state index is -0.335. The minimum absolute atomic E-state index is 0.173. The summed E-state index contributed by atoms with van der Waals surface area (Å²) in [6.07, 6.45) is 1.42. The van der Waals surface area contributed by atoms with E-state index < -0.39 is 0 Å². The summed E-state index contributed by atoms with van der Waals surface area (Å²) in [4.78, 5) is 11.7. The first-order chi connectivity index (χ1) is 7.81. The van der Waals surface area contributed by atoms with Gasteiger partial charge in [-0.25, -0.2) is 0 Å². The molecule has 1 aromatic carbocycles. The maximum Gasteiger partial charge on any atom is 0.294 e. The number of nitrogens with two attached hydrogens (primary N) is 1. The molecule has 0 atom stereocenters. The second-order valence-corrected chi connectivity index (χ2v) is 3.19. The Morgan fingerprint density at radius 3 is 2.88 bits per heavy atom. The average molecular weight is 217 g/mol. The maximum absolute atomic E-state index is 11.7. The quantitative estimate of drug-likeness (QED) is 0.813. The Hall–Kier alpha value is -2.14. The third kappa shape index (κ3) is 2.09. The number of amides is 1. The van der Waals surface area contributed by atoms with Gasteiger partial charge in [0.15, 0.2) is 0 Å². The zero-order valence-corrected chi connectivity index (χ0v) is 8.51. The predicted octanol–water partition coefficient (Wildman–Crippen LogP) is 1.39. The van der Waals surface area contributed by atoms with Gasteiger partial charge in [-0.2, -0.15) is 0 Å². The van der Waals surface area contributed by atoms with Crippen molar-refractivity contribution >= 4 is 11.6 Å². The average Bonchev–Trinajstić information content (AvgIpc) is 2.83. The van der Waals surface area contributed by atoms with E-state index in [-0.39, 0.29) is 11.7 Å². The Balaban J connectivity index is 2.18. The van der Waals surface area contributed by atoms with Gasteiger partial charge in [-0.3, -0.25) is 4.79 Å². The lowest BCUT2D eigenvalue weighted by molar-refractivity contribution is 0.0988. The molecular weight excluding hydrogens is 206 g/mol. The van der Waals surface area contributed by atoms with E-state index in [1.807, 2.05) is 18.2 Å². The van der Waals surface area contributed by atoms with E-state index in [4.69, 9.17) is 10.3 Å². The van der Waals surface area contributed by atoms with Gasteiger partial charge in [0.25, 0.3) is 5.91 Å². The zero-order valence-electron chi connectivity index (χ0n) is 8.51. The number of para-hydroxylation sites is 1. The lowest BCUT2D eigenvalue weighted by atomic mass is 10.2. The number of hydrogen-bond acceptors (Lipinski definition) is 4. The standard InChI is InChI=1S/C11H11N3O2/c12-7-8-3-1-2-4-9(8)14-11(15)10-5-6-13-16-10/h1-6H,7,12H2,(H,14,15). The van der Waals surface area contributed by atoms with Crippen molar-refractivity contribution < 1.29 is 9.32 Å². The summed E-state index contributed by atoms with van der Waals surface area (Å²) < 4.78 is 4.75. The molecule has 5 nitrogen and oxygen atoms in total. The number of nitrogens with one attached hydrogen (secondary N) is 1. The second kappa shape index (κ2) is 4.59. The Labute approximate surface area is 92.2 Å². The molecule has 3 N–H and O–H groups in total. The molecule has 1 heterocycles. The molecular formula is C11H11N3O2. The van der Waals surface area contributed by atoms with Crippen molar-refractivity contribution in [3.8, 4) is 0 Å². The van der Waals surface area contributed by atoms with E-state index in [0.29, 0.717) is 12.2 Å². The van der Waals surface area contributed by atoms with Gasteiger partial charge in [-0.1, -0.05) is 23.4 Å². The molecule has 1 aromatic heterocycles. The van der Waals surface area contributed by atoms with Crippen molar-refractivity contribution in [2.24, 2.45) is 5.73 Å². The number of hydrogen-bond donors (Lipinski definition) is 2. The van der Waals surface area contributed by atoms with E-state index in [9.17, 15) is 4.79 Å². The number of carbonyl (C=O) groups excluding carboxylic acids is 1. The van der Waals surface area contributed by atoms with Gasteiger partial charge in [-0.05, 0) is 11.6 Å². The van der Waals surface area contributed by atoms with E-state index in [1.54, 1.807) is 6.07 Å². The molecule has 0 saturated carbocycles. The number of anilines is 1. The van der Waals surface area contributed by atoms with Crippen molar-refractivity contribution in [3.05, 3.63) is 47.9 Å². The highest BCUT2D eigenvalue weighted by atomic mass is 16.5. The van der Waals surface area contributed by atoms with Crippen LogP contribution >= 0.6 is 0 Å². The Morgan fingerprint density at radius 2 is 2.19 bits per heavy atom. The smallest absolute Gasteiger partial charge is 0.294 e. The monoisotopic (exact) mass is 217 g/mol. The Bertz CT molecular complexity index is 480. The molecule has 16 heavy (non-hydrogen) atoms. The predicted molar refractivity (Wildman–Crippen MR) is 58.8 cm³/mol. The summed E-state index contributed by atoms with van der Waals surface area (Å²) >= 11 is 0. The van der Waals surface area contributed by atoms with E-state index in [2.05, 4.69) is 10.5 Å². The molecule has 0 saturated heterocycles. The van der Waals surface area contributed by atoms with E-state index in [0.717, 1.165) is 5.56 Å². The third-order valence-corrected chi connectivity index (χ3v) is 2.15. The van der Waals surface area contributed by atoms with Crippen LogP contribution in [0.3, 0.4) is 0 Å². The summed E-state index contributed by atoms with van der Waals surface area (Å²) in [5, 5.41) is 6.18. The molecule has 0 bridgehead atoms. The van der Waals surface area contributed by atoms with Crippen molar-refractivity contribution in [1.82, 2.24) is 5.16 Å². The summed E-state index contributed by atoms with van der Waals surface area (Å²) in [7, 11) is 0. The summed E-state index contributed by atoms with van der Waals surface area (Å²) in [5.74, 6) is -0.162. The van der Waals surface area contributed by atoms with Gasteiger partial charge in [0.05, 0.1) is 6.20 Å². The van der Waals surface area contributed by atoms with Crippen LogP contribution in [0.4, 0.5) is 5.69 Å². The van der Waals surface area contributed by atoms with Gasteiger partial charge in [0.1, 0.15) is 0 Å². The van der Waals surface area contributed by atoms with Gasteiger partial charge in [-0.15, -0.1) is 0 Å². The molecule has 82 valence electrons. The first-order valence-electron chi connectivity index (χ1n) is 4.81. The lowest BCUT2D eigenvalue weighted by Crippen LogP contribution is -2.13. The molecule has 2 rings (SSSR count). The molecule has 2 aromatic rings. The minimum Gasteiger partial charge on any atom is -0.351 e. The Kier molecular flexibility index (Phi) is 2.98. The highest BCUT2D eigenvalue weighted by Gasteiger charge is 2.11. The van der Waals surface area contributed by atoms with Crippen LogP contribution in [0, 0.1) is 0 Å². The third-order valence-electron chi connectivity index (χ3n) is 2.15. The molecule has 5 heteroatoms. The van der Waals surface area contributed by atoms with Gasteiger partial charge in [0, 0.05) is 18.3 Å². The van der Waals surface area contributed by atoms with Crippen LogP contribution in [0.5, 0.6) is 0 Å². The highest BCUT2D eigenvalue weighted by Crippen LogP contribution is 2.15. The fraction of sp³-hybridized carbons (Fsp3) is 0.0909. The van der Waals surface area contributed by atoms with Crippen molar-refractivity contribution in [2.75, 3.05) is 5.32 Å². The van der Waals surface area contributed by atoms with Crippen LogP contribution < -0.4 is 11.1 Å². The summed E-state index contributed by atoms with van der Waals surface area (Å²) in [6, 6.07) is 8.84.